The third-order valence-electron chi connectivity index (χ3n) is 2.64. The maximum Gasteiger partial charge on any atom is 0.141 e. The van der Waals surface area contributed by atoms with Crippen molar-refractivity contribution in [2.24, 2.45) is 5.73 Å². The molecule has 0 aromatic carbocycles. The molecule has 0 saturated heterocycles. The zero-order valence-corrected chi connectivity index (χ0v) is 11.8. The molecule has 0 bridgehead atoms. The van der Waals surface area contributed by atoms with Gasteiger partial charge >= 0.3 is 0 Å². The Hall–Kier alpha value is -1.13. The molecule has 0 aliphatic heterocycles. The molecular formula is C14H24N2O2. The number of aromatic nitrogens is 1. The van der Waals surface area contributed by atoms with Crippen molar-refractivity contribution in [2.75, 3.05) is 13.7 Å². The highest BCUT2D eigenvalue weighted by atomic mass is 16.5. The topological polar surface area (TPSA) is 57.4 Å². The summed E-state index contributed by atoms with van der Waals surface area (Å²) in [5, 5.41) is 0. The first kappa shape index (κ1) is 14.9. The van der Waals surface area contributed by atoms with Crippen molar-refractivity contribution >= 4 is 0 Å². The normalized spacial score (nSPS) is 14.3. The summed E-state index contributed by atoms with van der Waals surface area (Å²) < 4.78 is 11.0. The predicted molar refractivity (Wildman–Crippen MR) is 72.9 cm³/mol. The molecule has 0 aliphatic rings. The van der Waals surface area contributed by atoms with Gasteiger partial charge in [0.05, 0.1) is 11.8 Å². The number of hydrogen-bond acceptors (Lipinski definition) is 4. The minimum Gasteiger partial charge on any atom is -0.489 e. The van der Waals surface area contributed by atoms with Gasteiger partial charge < -0.3 is 15.2 Å². The summed E-state index contributed by atoms with van der Waals surface area (Å²) >= 11 is 0. The van der Waals surface area contributed by atoms with E-state index in [2.05, 4.69) is 4.98 Å². The number of methoxy groups -OCH3 is 1. The Morgan fingerprint density at radius 2 is 2.06 bits per heavy atom. The molecule has 1 aromatic heterocycles. The van der Waals surface area contributed by atoms with Gasteiger partial charge in [0, 0.05) is 38.3 Å². The maximum absolute atomic E-state index is 5.91. The van der Waals surface area contributed by atoms with E-state index in [4.69, 9.17) is 15.2 Å². The van der Waals surface area contributed by atoms with Gasteiger partial charge in [0.1, 0.15) is 5.75 Å². The van der Waals surface area contributed by atoms with Gasteiger partial charge in [-0.1, -0.05) is 0 Å². The van der Waals surface area contributed by atoms with Crippen molar-refractivity contribution in [3.8, 4) is 5.75 Å². The number of pyridine rings is 1. The Morgan fingerprint density at radius 3 is 2.67 bits per heavy atom. The molecule has 0 spiro atoms. The van der Waals surface area contributed by atoms with Crippen LogP contribution in [-0.2, 0) is 11.2 Å². The highest BCUT2D eigenvalue weighted by molar-refractivity contribution is 5.30. The minimum absolute atomic E-state index is 0.0796. The average molecular weight is 252 g/mol. The van der Waals surface area contributed by atoms with Gasteiger partial charge in [-0.3, -0.25) is 4.98 Å². The number of ether oxygens (including phenoxy) is 2. The Bertz CT molecular complexity index is 367. The number of rotatable bonds is 7. The number of hydrogen-bond donors (Lipinski definition) is 1. The van der Waals surface area contributed by atoms with Crippen molar-refractivity contribution in [1.29, 1.82) is 0 Å². The van der Waals surface area contributed by atoms with E-state index in [1.807, 2.05) is 32.9 Å². The molecule has 2 unspecified atom stereocenters. The lowest BCUT2D eigenvalue weighted by atomic mass is 10.1. The highest BCUT2D eigenvalue weighted by Crippen LogP contribution is 2.20. The van der Waals surface area contributed by atoms with Crippen LogP contribution in [0.1, 0.15) is 31.7 Å². The summed E-state index contributed by atoms with van der Waals surface area (Å²) in [5.74, 6) is 0.835. The van der Waals surface area contributed by atoms with Gasteiger partial charge in [-0.15, -0.1) is 0 Å². The van der Waals surface area contributed by atoms with E-state index in [9.17, 15) is 0 Å². The Balaban J connectivity index is 2.74. The Labute approximate surface area is 110 Å². The van der Waals surface area contributed by atoms with Crippen molar-refractivity contribution in [3.63, 3.8) is 0 Å². The fourth-order valence-electron chi connectivity index (χ4n) is 1.72. The smallest absolute Gasteiger partial charge is 0.141 e. The Morgan fingerprint density at radius 1 is 1.33 bits per heavy atom. The fraction of sp³-hybridized carbons (Fsp3) is 0.643. The van der Waals surface area contributed by atoms with Crippen LogP contribution in [0.4, 0.5) is 0 Å². The van der Waals surface area contributed by atoms with Crippen LogP contribution in [0.15, 0.2) is 12.1 Å². The summed E-state index contributed by atoms with van der Waals surface area (Å²) in [7, 11) is 1.70. The molecular weight excluding hydrogens is 228 g/mol. The molecule has 102 valence electrons. The summed E-state index contributed by atoms with van der Waals surface area (Å²) in [6.45, 7) is 6.68. The Kier molecular flexibility index (Phi) is 6.09. The van der Waals surface area contributed by atoms with Crippen LogP contribution in [0.25, 0.3) is 0 Å². The molecule has 0 amide bonds. The third-order valence-corrected chi connectivity index (χ3v) is 2.64. The molecule has 18 heavy (non-hydrogen) atoms. The van der Waals surface area contributed by atoms with Crippen LogP contribution in [0.2, 0.25) is 0 Å². The number of nitrogens with zero attached hydrogens (tertiary/aromatic N) is 1. The first-order valence-electron chi connectivity index (χ1n) is 6.40. The first-order chi connectivity index (χ1) is 8.52. The zero-order chi connectivity index (χ0) is 13.5. The molecule has 2 atom stereocenters. The molecule has 1 heterocycles. The highest BCUT2D eigenvalue weighted by Gasteiger charge is 2.11. The largest absolute Gasteiger partial charge is 0.489 e. The van der Waals surface area contributed by atoms with Crippen molar-refractivity contribution < 1.29 is 9.47 Å². The van der Waals surface area contributed by atoms with E-state index in [1.165, 1.54) is 0 Å². The van der Waals surface area contributed by atoms with Gasteiger partial charge in [0.2, 0.25) is 0 Å². The maximum atomic E-state index is 5.91. The second-order valence-electron chi connectivity index (χ2n) is 4.79. The summed E-state index contributed by atoms with van der Waals surface area (Å²) in [5.41, 5.74) is 7.77. The third kappa shape index (κ3) is 5.02. The lowest BCUT2D eigenvalue weighted by molar-refractivity contribution is 0.134. The summed E-state index contributed by atoms with van der Waals surface area (Å²) in [6, 6.07) is 4.02. The molecule has 1 aromatic rings. The molecule has 0 aliphatic carbocycles. The van der Waals surface area contributed by atoms with E-state index in [0.29, 0.717) is 6.61 Å². The van der Waals surface area contributed by atoms with Gasteiger partial charge in [-0.2, -0.15) is 0 Å². The molecule has 1 rings (SSSR count). The van der Waals surface area contributed by atoms with E-state index >= 15 is 0 Å². The number of nitrogens with two attached hydrogens (primary N) is 1. The number of aryl methyl sites for hydroxylation is 1. The minimum atomic E-state index is 0.0796. The van der Waals surface area contributed by atoms with E-state index in [-0.39, 0.29) is 12.1 Å². The van der Waals surface area contributed by atoms with Gasteiger partial charge in [0.15, 0.2) is 0 Å². The summed E-state index contributed by atoms with van der Waals surface area (Å²) in [6.07, 6.45) is 1.71. The second-order valence-corrected chi connectivity index (χ2v) is 4.79. The lowest BCUT2D eigenvalue weighted by Crippen LogP contribution is -2.21. The van der Waals surface area contributed by atoms with E-state index in [1.54, 1.807) is 7.11 Å². The van der Waals surface area contributed by atoms with Gasteiger partial charge in [-0.05, 0) is 32.9 Å². The van der Waals surface area contributed by atoms with Crippen molar-refractivity contribution in [3.05, 3.63) is 23.5 Å². The van der Waals surface area contributed by atoms with Crippen molar-refractivity contribution in [1.82, 2.24) is 4.98 Å². The lowest BCUT2D eigenvalue weighted by Gasteiger charge is -2.18. The molecule has 4 nitrogen and oxygen atoms in total. The van der Waals surface area contributed by atoms with Crippen LogP contribution in [0, 0.1) is 6.92 Å². The van der Waals surface area contributed by atoms with Crippen LogP contribution < -0.4 is 10.5 Å². The molecule has 2 N–H and O–H groups in total. The van der Waals surface area contributed by atoms with Crippen molar-refractivity contribution in [2.45, 2.75) is 45.8 Å². The first-order valence-corrected chi connectivity index (χ1v) is 6.40. The van der Waals surface area contributed by atoms with Gasteiger partial charge in [0.25, 0.3) is 0 Å². The van der Waals surface area contributed by atoms with Crippen LogP contribution >= 0.6 is 0 Å². The van der Waals surface area contributed by atoms with Gasteiger partial charge in [-0.25, -0.2) is 0 Å². The quantitative estimate of drug-likeness (QED) is 0.807. The van der Waals surface area contributed by atoms with Crippen LogP contribution in [-0.4, -0.2) is 30.8 Å². The van der Waals surface area contributed by atoms with E-state index in [0.717, 1.165) is 30.0 Å². The fourth-order valence-corrected chi connectivity index (χ4v) is 1.72. The summed E-state index contributed by atoms with van der Waals surface area (Å²) in [4.78, 5) is 4.51. The SMILES string of the molecule is COCCC(C)Oc1ccc(C)nc1CC(C)N. The average Bonchev–Trinajstić information content (AvgIpc) is 2.29. The standard InChI is InChI=1S/C14H24N2O2/c1-10(15)9-13-14(6-5-11(2)16-13)18-12(3)7-8-17-4/h5-6,10,12H,7-9,15H2,1-4H3. The molecule has 0 radical (unpaired) electrons. The van der Waals surface area contributed by atoms with E-state index < -0.39 is 0 Å². The monoisotopic (exact) mass is 252 g/mol. The van der Waals surface area contributed by atoms with Crippen LogP contribution in [0.5, 0.6) is 5.75 Å². The predicted octanol–water partition coefficient (Wildman–Crippen LogP) is 2.08. The zero-order valence-electron chi connectivity index (χ0n) is 11.8. The molecule has 4 heteroatoms. The molecule has 0 saturated carbocycles. The second kappa shape index (κ2) is 7.34. The molecule has 0 fully saturated rings. The van der Waals surface area contributed by atoms with Crippen LogP contribution in [0.3, 0.4) is 0 Å².